The monoisotopic (exact) mass is 500 g/mol. The number of hydrogen-bond donors (Lipinski definition) is 4. The highest BCUT2D eigenvalue weighted by Gasteiger charge is 2.46. The van der Waals surface area contributed by atoms with Crippen LogP contribution in [0.5, 0.6) is 5.75 Å². The summed E-state index contributed by atoms with van der Waals surface area (Å²) in [6.07, 6.45) is 2.40. The number of urea groups is 1. The molecule has 196 valence electrons. The molecule has 0 unspecified atom stereocenters. The van der Waals surface area contributed by atoms with E-state index in [1.54, 1.807) is 23.8 Å². The Balaban J connectivity index is 1.54. The fourth-order valence-corrected chi connectivity index (χ4v) is 5.27. The second kappa shape index (κ2) is 11.2. The molecule has 3 aliphatic rings. The molecule has 4 rings (SSSR count). The number of nitrogens with one attached hydrogen (secondary N) is 4. The van der Waals surface area contributed by atoms with E-state index in [1.165, 1.54) is 7.05 Å². The molecule has 0 saturated carbocycles. The van der Waals surface area contributed by atoms with Gasteiger partial charge in [-0.05, 0) is 39.3 Å². The van der Waals surface area contributed by atoms with Crippen molar-refractivity contribution < 1.29 is 23.9 Å². The standard InChI is InChI=1S/C25H36N6O5/c1-15(26-2)22(32)29-19-14-30(25(35)27-3)12-10-16-8-9-20(31(16)24(19)34)23(33)28-18-11-13-36-21-7-5-4-6-17(18)21/h4-7,15-16,18-20,26H,8-14H2,1-3H3,(H,27,35)(H,28,33)(H,29,32)/t15-,16+,18+,19-,20-/m0/s1. The average Bonchev–Trinajstić information content (AvgIpc) is 3.31. The van der Waals surface area contributed by atoms with E-state index in [0.717, 1.165) is 11.3 Å². The summed E-state index contributed by atoms with van der Waals surface area (Å²) in [5, 5.41) is 11.4. The van der Waals surface area contributed by atoms with Gasteiger partial charge in [0.05, 0.1) is 25.2 Å². The Morgan fingerprint density at radius 3 is 2.56 bits per heavy atom. The van der Waals surface area contributed by atoms with Gasteiger partial charge in [0.25, 0.3) is 0 Å². The van der Waals surface area contributed by atoms with Crippen molar-refractivity contribution in [2.45, 2.75) is 62.8 Å². The Hall–Kier alpha value is -3.34. The topological polar surface area (TPSA) is 132 Å². The second-order valence-electron chi connectivity index (χ2n) is 9.59. The van der Waals surface area contributed by atoms with E-state index in [1.807, 2.05) is 24.3 Å². The number of para-hydroxylation sites is 1. The molecular formula is C25H36N6O5. The fourth-order valence-electron chi connectivity index (χ4n) is 5.27. The molecular weight excluding hydrogens is 464 g/mol. The van der Waals surface area contributed by atoms with Crippen molar-refractivity contribution in [1.29, 1.82) is 0 Å². The third-order valence-electron chi connectivity index (χ3n) is 7.41. The molecule has 0 aromatic heterocycles. The minimum absolute atomic E-state index is 0.0333. The van der Waals surface area contributed by atoms with Crippen molar-refractivity contribution in [3.63, 3.8) is 0 Å². The van der Waals surface area contributed by atoms with Crippen LogP contribution in [0.25, 0.3) is 0 Å². The molecule has 36 heavy (non-hydrogen) atoms. The van der Waals surface area contributed by atoms with E-state index >= 15 is 0 Å². The number of benzene rings is 1. The van der Waals surface area contributed by atoms with Crippen LogP contribution in [0.2, 0.25) is 0 Å². The summed E-state index contributed by atoms with van der Waals surface area (Å²) in [4.78, 5) is 55.6. The first-order valence-electron chi connectivity index (χ1n) is 12.6. The van der Waals surface area contributed by atoms with Gasteiger partial charge in [-0.15, -0.1) is 0 Å². The van der Waals surface area contributed by atoms with Gasteiger partial charge in [0.1, 0.15) is 17.8 Å². The minimum Gasteiger partial charge on any atom is -0.493 e. The van der Waals surface area contributed by atoms with E-state index in [-0.39, 0.29) is 42.4 Å². The van der Waals surface area contributed by atoms with Gasteiger partial charge in [0.15, 0.2) is 0 Å². The average molecular weight is 501 g/mol. The first kappa shape index (κ1) is 25.7. The summed E-state index contributed by atoms with van der Waals surface area (Å²) in [5.74, 6) is -0.125. The van der Waals surface area contributed by atoms with Gasteiger partial charge < -0.3 is 35.8 Å². The fraction of sp³-hybridized carbons (Fsp3) is 0.600. The molecule has 2 fully saturated rings. The molecule has 0 radical (unpaired) electrons. The molecule has 0 spiro atoms. The largest absolute Gasteiger partial charge is 0.493 e. The maximum Gasteiger partial charge on any atom is 0.317 e. The number of hydrogen-bond acceptors (Lipinski definition) is 6. The molecule has 2 saturated heterocycles. The van der Waals surface area contributed by atoms with E-state index in [2.05, 4.69) is 21.3 Å². The van der Waals surface area contributed by atoms with Crippen molar-refractivity contribution in [1.82, 2.24) is 31.1 Å². The quantitative estimate of drug-likeness (QED) is 0.454. The zero-order valence-electron chi connectivity index (χ0n) is 21.1. The first-order valence-corrected chi connectivity index (χ1v) is 12.6. The van der Waals surface area contributed by atoms with Crippen LogP contribution in [0.3, 0.4) is 0 Å². The lowest BCUT2D eigenvalue weighted by atomic mass is 10.00. The van der Waals surface area contributed by atoms with Crippen molar-refractivity contribution in [2.24, 2.45) is 0 Å². The number of rotatable bonds is 5. The van der Waals surface area contributed by atoms with E-state index in [9.17, 15) is 19.2 Å². The maximum absolute atomic E-state index is 13.8. The van der Waals surface area contributed by atoms with Crippen molar-refractivity contribution in [3.8, 4) is 5.75 Å². The molecule has 5 amide bonds. The molecule has 0 aliphatic carbocycles. The van der Waals surface area contributed by atoms with Crippen molar-refractivity contribution >= 4 is 23.8 Å². The van der Waals surface area contributed by atoms with Gasteiger partial charge in [-0.3, -0.25) is 14.4 Å². The third-order valence-corrected chi connectivity index (χ3v) is 7.41. The van der Waals surface area contributed by atoms with Gasteiger partial charge in [-0.1, -0.05) is 18.2 Å². The predicted octanol–water partition coefficient (Wildman–Crippen LogP) is 0.124. The zero-order valence-corrected chi connectivity index (χ0v) is 21.1. The number of nitrogens with zero attached hydrogens (tertiary/aromatic N) is 2. The summed E-state index contributed by atoms with van der Waals surface area (Å²) >= 11 is 0. The minimum atomic E-state index is -0.953. The summed E-state index contributed by atoms with van der Waals surface area (Å²) < 4.78 is 5.71. The maximum atomic E-state index is 13.8. The van der Waals surface area contributed by atoms with Crippen LogP contribution >= 0.6 is 0 Å². The van der Waals surface area contributed by atoms with Gasteiger partial charge >= 0.3 is 6.03 Å². The Morgan fingerprint density at radius 2 is 1.81 bits per heavy atom. The highest BCUT2D eigenvalue weighted by atomic mass is 16.5. The SMILES string of the molecule is CNC(=O)N1CC[C@H]2CC[C@@H](C(=O)N[C@@H]3CCOc4ccccc43)N2C(=O)[C@@H](NC(=O)[C@H](C)NC)C1. The summed E-state index contributed by atoms with van der Waals surface area (Å²) in [5.41, 5.74) is 0.929. The molecule has 5 atom stereocenters. The lowest BCUT2D eigenvalue weighted by Crippen LogP contribution is -2.62. The Kier molecular flexibility index (Phi) is 7.97. The molecule has 0 bridgehead atoms. The highest BCUT2D eigenvalue weighted by Crippen LogP contribution is 2.33. The smallest absolute Gasteiger partial charge is 0.317 e. The van der Waals surface area contributed by atoms with Crippen molar-refractivity contribution in [2.75, 3.05) is 33.8 Å². The van der Waals surface area contributed by atoms with Gasteiger partial charge in [-0.25, -0.2) is 4.79 Å². The van der Waals surface area contributed by atoms with E-state index in [4.69, 9.17) is 4.74 Å². The zero-order chi connectivity index (χ0) is 25.8. The van der Waals surface area contributed by atoms with Crippen LogP contribution in [-0.4, -0.2) is 91.5 Å². The normalized spacial score (nSPS) is 26.5. The van der Waals surface area contributed by atoms with Gasteiger partial charge in [0.2, 0.25) is 17.7 Å². The number of amides is 5. The Labute approximate surface area is 211 Å². The van der Waals surface area contributed by atoms with E-state index in [0.29, 0.717) is 38.8 Å². The number of carbonyl (C=O) groups excluding carboxylic acids is 4. The summed E-state index contributed by atoms with van der Waals surface area (Å²) in [7, 11) is 3.20. The number of ether oxygens (including phenoxy) is 1. The van der Waals surface area contributed by atoms with Crippen LogP contribution in [0.1, 0.15) is 44.2 Å². The lowest BCUT2D eigenvalue weighted by molar-refractivity contribution is -0.145. The molecule has 11 heteroatoms. The van der Waals surface area contributed by atoms with Crippen LogP contribution in [0.15, 0.2) is 24.3 Å². The van der Waals surface area contributed by atoms with Crippen LogP contribution < -0.4 is 26.0 Å². The van der Waals surface area contributed by atoms with Crippen LogP contribution in [-0.2, 0) is 14.4 Å². The molecule has 3 aliphatic heterocycles. The number of carbonyl (C=O) groups is 4. The highest BCUT2D eigenvalue weighted by molar-refractivity contribution is 5.94. The second-order valence-corrected chi connectivity index (χ2v) is 9.59. The summed E-state index contributed by atoms with van der Waals surface area (Å²) in [6.45, 7) is 2.65. The lowest BCUT2D eigenvalue weighted by Gasteiger charge is -2.39. The van der Waals surface area contributed by atoms with Crippen molar-refractivity contribution in [3.05, 3.63) is 29.8 Å². The first-order chi connectivity index (χ1) is 17.3. The van der Waals surface area contributed by atoms with E-state index < -0.39 is 18.1 Å². The van der Waals surface area contributed by atoms with Crippen LogP contribution in [0.4, 0.5) is 4.79 Å². The van der Waals surface area contributed by atoms with Gasteiger partial charge in [0, 0.05) is 31.6 Å². The number of likely N-dealkylation sites (N-methyl/N-ethyl adjacent to an activating group) is 1. The summed E-state index contributed by atoms with van der Waals surface area (Å²) in [6, 6.07) is 4.86. The Bertz CT molecular complexity index is 1000. The predicted molar refractivity (Wildman–Crippen MR) is 132 cm³/mol. The number of fused-ring (bicyclic) bond motifs is 2. The molecule has 1 aromatic carbocycles. The molecule has 11 nitrogen and oxygen atoms in total. The van der Waals surface area contributed by atoms with Crippen LogP contribution in [0, 0.1) is 0 Å². The third kappa shape index (κ3) is 5.25. The molecule has 1 aromatic rings. The molecule has 3 heterocycles. The molecule has 4 N–H and O–H groups in total. The van der Waals surface area contributed by atoms with Gasteiger partial charge in [-0.2, -0.15) is 0 Å². The Morgan fingerprint density at radius 1 is 1.03 bits per heavy atom.